The van der Waals surface area contributed by atoms with Gasteiger partial charge < -0.3 is 37.2 Å². The molecule has 0 saturated heterocycles. The molecule has 6 heteroatoms. The molecule has 3 rings (SSSR count). The van der Waals surface area contributed by atoms with Gasteiger partial charge in [0.2, 0.25) is 0 Å². The van der Waals surface area contributed by atoms with E-state index in [0.29, 0.717) is 5.92 Å². The van der Waals surface area contributed by atoms with Gasteiger partial charge in [-0.1, -0.05) is 0 Å². The first kappa shape index (κ1) is 20.6. The van der Waals surface area contributed by atoms with Crippen LogP contribution in [0.2, 0.25) is 0 Å². The number of nitrogens with zero attached hydrogens (tertiary/aromatic N) is 1. The molecule has 0 spiro atoms. The molecule has 0 aromatic carbocycles. The normalized spacial score (nSPS) is 18.2. The zero-order chi connectivity index (χ0) is 12.2. The van der Waals surface area contributed by atoms with Crippen molar-refractivity contribution < 1.29 is 61.9 Å². The fourth-order valence-electron chi connectivity index (χ4n) is 2.50. The SMILES string of the molecule is CC1=CC2=Cc3nc(Br)[c]([Zr+3])cc3C(C)C2=C1.[Cl-].[Cl-].[Cl-]. The van der Waals surface area contributed by atoms with E-state index in [4.69, 9.17) is 0 Å². The Kier molecular flexibility index (Phi) is 7.97. The average Bonchev–Trinajstić information content (AvgIpc) is 2.63. The van der Waals surface area contributed by atoms with Crippen LogP contribution in [-0.2, 0) is 24.7 Å². The standard InChI is InChI=1S/C14H11BrN.3ClH.Zr/c1-8-5-10-7-13-11(3-4-14(15)16-13)9(2)12(10)6-8;;;;/h3,5-7,9H,1-2H3;3*1H;/q;;;;+3/p-3. The predicted octanol–water partition coefficient (Wildman–Crippen LogP) is -5.58. The molecule has 1 unspecified atom stereocenters. The molecule has 20 heavy (non-hydrogen) atoms. The molecule has 0 aliphatic heterocycles. The Labute approximate surface area is 161 Å². The maximum Gasteiger partial charge on any atom is -1.00 e. The van der Waals surface area contributed by atoms with E-state index in [1.54, 1.807) is 0 Å². The van der Waals surface area contributed by atoms with E-state index in [2.05, 4.69) is 59.1 Å². The van der Waals surface area contributed by atoms with Crippen LogP contribution >= 0.6 is 15.9 Å². The second-order valence-electron chi connectivity index (χ2n) is 4.61. The van der Waals surface area contributed by atoms with E-state index < -0.39 is 0 Å². The second kappa shape index (κ2) is 7.74. The molecule has 0 N–H and O–H groups in total. The first-order valence-electron chi connectivity index (χ1n) is 5.60. The summed E-state index contributed by atoms with van der Waals surface area (Å²) in [7, 11) is 0. The van der Waals surface area contributed by atoms with E-state index in [1.165, 1.54) is 50.3 Å². The molecule has 1 nitrogen and oxygen atoms in total. The number of hydrogen-bond donors (Lipinski definition) is 0. The van der Waals surface area contributed by atoms with Gasteiger partial charge in [0.25, 0.3) is 0 Å². The molecule has 0 fully saturated rings. The molecule has 0 saturated carbocycles. The predicted molar refractivity (Wildman–Crippen MR) is 69.8 cm³/mol. The summed E-state index contributed by atoms with van der Waals surface area (Å²) in [4.78, 5) is 4.66. The van der Waals surface area contributed by atoms with Crippen molar-refractivity contribution in [2.45, 2.75) is 19.8 Å². The van der Waals surface area contributed by atoms with Gasteiger partial charge in [-0.15, -0.1) is 0 Å². The quantitative estimate of drug-likeness (QED) is 0.345. The van der Waals surface area contributed by atoms with Crippen molar-refractivity contribution in [2.75, 3.05) is 0 Å². The van der Waals surface area contributed by atoms with Gasteiger partial charge in [-0.25, -0.2) is 0 Å². The van der Waals surface area contributed by atoms with Crippen molar-refractivity contribution in [1.82, 2.24) is 4.98 Å². The van der Waals surface area contributed by atoms with Crippen LogP contribution in [0.5, 0.6) is 0 Å². The monoisotopic (exact) mass is 467 g/mol. The third-order valence-corrected chi connectivity index (χ3v) is 5.80. The number of pyridine rings is 1. The molecule has 2 aliphatic carbocycles. The number of fused-ring (bicyclic) bond motifs is 2. The van der Waals surface area contributed by atoms with Gasteiger partial charge in [-0.05, 0) is 0 Å². The van der Waals surface area contributed by atoms with Crippen molar-refractivity contribution in [1.29, 1.82) is 0 Å². The number of aromatic nitrogens is 1. The van der Waals surface area contributed by atoms with Crippen LogP contribution in [0.1, 0.15) is 31.0 Å². The minimum atomic E-state index is 0. The largest absolute Gasteiger partial charge is 1.00 e. The van der Waals surface area contributed by atoms with E-state index in [9.17, 15) is 0 Å². The summed E-state index contributed by atoms with van der Waals surface area (Å²) in [5.41, 5.74) is 6.59. The minimum absolute atomic E-state index is 0. The molecule has 0 radical (unpaired) electrons. The van der Waals surface area contributed by atoms with E-state index in [-0.39, 0.29) is 37.2 Å². The van der Waals surface area contributed by atoms with E-state index in [1.807, 2.05) is 0 Å². The van der Waals surface area contributed by atoms with Crippen molar-refractivity contribution in [3.63, 3.8) is 0 Å². The summed E-state index contributed by atoms with van der Waals surface area (Å²) >= 11 is 4.94. The molecule has 0 amide bonds. The zero-order valence-electron chi connectivity index (χ0n) is 10.8. The molecule has 1 aromatic heterocycles. The Morgan fingerprint density at radius 3 is 2.45 bits per heavy atom. The van der Waals surface area contributed by atoms with Gasteiger partial charge in [0.15, 0.2) is 0 Å². The zero-order valence-corrected chi connectivity index (χ0v) is 17.2. The Balaban J connectivity index is 0.00000120. The maximum atomic E-state index is 4.66. The molecular weight excluding hydrogens is 460 g/mol. The van der Waals surface area contributed by atoms with Crippen LogP contribution in [0.3, 0.4) is 0 Å². The van der Waals surface area contributed by atoms with E-state index >= 15 is 0 Å². The molecule has 1 aromatic rings. The fraction of sp³-hybridized carbons (Fsp3) is 0.214. The van der Waals surface area contributed by atoms with Crippen molar-refractivity contribution in [2.24, 2.45) is 0 Å². The van der Waals surface area contributed by atoms with Crippen LogP contribution < -0.4 is 40.5 Å². The molecule has 1 heterocycles. The third kappa shape index (κ3) is 3.50. The van der Waals surface area contributed by atoms with Gasteiger partial charge in [-0.3, -0.25) is 0 Å². The van der Waals surface area contributed by atoms with Crippen LogP contribution in [-0.4, -0.2) is 4.98 Å². The van der Waals surface area contributed by atoms with Crippen molar-refractivity contribution in [3.8, 4) is 0 Å². The summed E-state index contributed by atoms with van der Waals surface area (Å²) < 4.78 is 2.28. The Bertz CT molecular complexity index is 623. The Hall–Kier alpha value is 0.603. The summed E-state index contributed by atoms with van der Waals surface area (Å²) in [6, 6.07) is 2.29. The first-order valence-corrected chi connectivity index (χ1v) is 7.62. The summed E-state index contributed by atoms with van der Waals surface area (Å²) in [6.45, 7) is 4.43. The third-order valence-electron chi connectivity index (χ3n) is 3.36. The summed E-state index contributed by atoms with van der Waals surface area (Å²) in [5, 5.41) is 0. The van der Waals surface area contributed by atoms with Gasteiger partial charge in [0, 0.05) is 0 Å². The average molecular weight is 471 g/mol. The van der Waals surface area contributed by atoms with Gasteiger partial charge >= 0.3 is 126 Å². The smallest absolute Gasteiger partial charge is 1.00 e. The first-order chi connectivity index (χ1) is 8.06. The number of rotatable bonds is 0. The number of allylic oxidation sites excluding steroid dienone is 5. The van der Waals surface area contributed by atoms with Gasteiger partial charge in [-0.2, -0.15) is 0 Å². The number of hydrogen-bond acceptors (Lipinski definition) is 1. The van der Waals surface area contributed by atoms with Crippen molar-refractivity contribution in [3.05, 3.63) is 50.8 Å². The Morgan fingerprint density at radius 2 is 1.80 bits per heavy atom. The maximum absolute atomic E-state index is 4.66. The minimum Gasteiger partial charge on any atom is -1.00 e. The van der Waals surface area contributed by atoms with Crippen LogP contribution in [0.25, 0.3) is 6.08 Å². The van der Waals surface area contributed by atoms with Gasteiger partial charge in [0.05, 0.1) is 0 Å². The Morgan fingerprint density at radius 1 is 1.15 bits per heavy atom. The second-order valence-corrected chi connectivity index (χ2v) is 6.69. The van der Waals surface area contributed by atoms with Gasteiger partial charge in [0.1, 0.15) is 0 Å². The van der Waals surface area contributed by atoms with Crippen LogP contribution in [0.4, 0.5) is 0 Å². The van der Waals surface area contributed by atoms with E-state index in [0.717, 1.165) is 10.3 Å². The summed E-state index contributed by atoms with van der Waals surface area (Å²) in [6.07, 6.45) is 6.75. The summed E-state index contributed by atoms with van der Waals surface area (Å²) in [5.74, 6) is 0.457. The van der Waals surface area contributed by atoms with Crippen LogP contribution in [0.15, 0.2) is 39.5 Å². The molecule has 104 valence electrons. The van der Waals surface area contributed by atoms with Crippen molar-refractivity contribution >= 4 is 25.3 Å². The number of halogens is 4. The molecule has 1 atom stereocenters. The molecule has 2 aliphatic rings. The topological polar surface area (TPSA) is 12.9 Å². The fourth-order valence-corrected chi connectivity index (χ4v) is 3.32. The molecular formula is C14H11BrCl3NZr. The molecule has 0 bridgehead atoms. The van der Waals surface area contributed by atoms with Crippen LogP contribution in [0, 0.1) is 0 Å².